The molecule has 72 valence electrons. The van der Waals surface area contributed by atoms with E-state index in [4.69, 9.17) is 5.73 Å². The van der Waals surface area contributed by atoms with E-state index in [1.54, 1.807) is 0 Å². The molecule has 0 heterocycles. The average Bonchev–Trinajstić information content (AvgIpc) is 2.05. The maximum absolute atomic E-state index is 11.4. The molecule has 0 bridgehead atoms. The Kier molecular flexibility index (Phi) is 6.42. The fraction of sp³-hybridized carbons (Fsp3) is 0.875. The van der Waals surface area contributed by atoms with Gasteiger partial charge in [-0.1, -0.05) is 26.7 Å². The smallest absolute Gasteiger partial charge is 0.153 e. The summed E-state index contributed by atoms with van der Waals surface area (Å²) >= 11 is 3.91. The van der Waals surface area contributed by atoms with E-state index in [9.17, 15) is 4.79 Å². The van der Waals surface area contributed by atoms with Crippen molar-refractivity contribution in [2.75, 3.05) is 6.54 Å². The first-order valence-electron chi connectivity index (χ1n) is 4.26. The van der Waals surface area contributed by atoms with Crippen molar-refractivity contribution in [3.05, 3.63) is 0 Å². The van der Waals surface area contributed by atoms with E-state index in [1.165, 1.54) is 0 Å². The minimum absolute atomic E-state index is 0.0624. The molecule has 0 aliphatic carbocycles. The summed E-state index contributed by atoms with van der Waals surface area (Å²) in [7, 11) is 0. The highest BCUT2D eigenvalue weighted by atomic mass is 32.1. The third-order valence-corrected chi connectivity index (χ3v) is 2.08. The number of ketones is 1. The lowest BCUT2D eigenvalue weighted by Gasteiger charge is -2.15. The van der Waals surface area contributed by atoms with Gasteiger partial charge < -0.3 is 5.73 Å². The fourth-order valence-corrected chi connectivity index (χ4v) is 1.25. The van der Waals surface area contributed by atoms with Crippen LogP contribution in [0.25, 0.3) is 0 Å². The standard InChI is InChI=1S/C8H18N2OS/c1-6(2)8(11)7(10-12)4-3-5-9/h6-7,10,12H,3-5,9H2,1-2H3. The van der Waals surface area contributed by atoms with E-state index < -0.39 is 0 Å². The van der Waals surface area contributed by atoms with Crippen molar-refractivity contribution < 1.29 is 4.79 Å². The molecule has 0 aromatic heterocycles. The summed E-state index contributed by atoms with van der Waals surface area (Å²) < 4.78 is 2.71. The van der Waals surface area contributed by atoms with Crippen LogP contribution in [0.3, 0.4) is 0 Å². The molecule has 0 amide bonds. The number of hydrogen-bond donors (Lipinski definition) is 3. The maximum Gasteiger partial charge on any atom is 0.153 e. The highest BCUT2D eigenvalue weighted by Gasteiger charge is 2.18. The topological polar surface area (TPSA) is 55.1 Å². The second-order valence-electron chi connectivity index (χ2n) is 3.17. The zero-order valence-corrected chi connectivity index (χ0v) is 8.60. The molecule has 0 rings (SSSR count). The molecule has 0 fully saturated rings. The molecule has 0 aromatic rings. The summed E-state index contributed by atoms with van der Waals surface area (Å²) in [5.41, 5.74) is 5.34. The van der Waals surface area contributed by atoms with Crippen molar-refractivity contribution in [2.45, 2.75) is 32.7 Å². The number of nitrogens with one attached hydrogen (secondary N) is 1. The van der Waals surface area contributed by atoms with Gasteiger partial charge in [0.05, 0.1) is 6.04 Å². The van der Waals surface area contributed by atoms with E-state index >= 15 is 0 Å². The molecule has 0 aliphatic rings. The Hall–Kier alpha value is -0.0600. The van der Waals surface area contributed by atoms with Gasteiger partial charge in [-0.2, -0.15) is 0 Å². The van der Waals surface area contributed by atoms with E-state index in [0.717, 1.165) is 12.8 Å². The van der Waals surface area contributed by atoms with Crippen LogP contribution in [0.5, 0.6) is 0 Å². The third kappa shape index (κ3) is 4.09. The van der Waals surface area contributed by atoms with Crippen LogP contribution in [0.2, 0.25) is 0 Å². The van der Waals surface area contributed by atoms with Crippen molar-refractivity contribution in [3.8, 4) is 0 Å². The van der Waals surface area contributed by atoms with Gasteiger partial charge in [0.25, 0.3) is 0 Å². The molecule has 0 saturated heterocycles. The third-order valence-electron chi connectivity index (χ3n) is 1.77. The van der Waals surface area contributed by atoms with Crippen molar-refractivity contribution in [2.24, 2.45) is 11.7 Å². The van der Waals surface area contributed by atoms with Gasteiger partial charge in [0.15, 0.2) is 5.78 Å². The van der Waals surface area contributed by atoms with E-state index in [0.29, 0.717) is 6.54 Å². The van der Waals surface area contributed by atoms with Crippen molar-refractivity contribution in [1.82, 2.24) is 4.72 Å². The normalized spacial score (nSPS) is 13.4. The first kappa shape index (κ1) is 11.9. The summed E-state index contributed by atoms with van der Waals surface area (Å²) in [6.45, 7) is 4.41. The second kappa shape index (κ2) is 6.46. The van der Waals surface area contributed by atoms with Gasteiger partial charge in [0, 0.05) is 5.92 Å². The monoisotopic (exact) mass is 190 g/mol. The van der Waals surface area contributed by atoms with Gasteiger partial charge >= 0.3 is 0 Å². The minimum Gasteiger partial charge on any atom is -0.330 e. The van der Waals surface area contributed by atoms with Gasteiger partial charge in [-0.3, -0.25) is 9.52 Å². The minimum atomic E-state index is -0.142. The van der Waals surface area contributed by atoms with E-state index in [-0.39, 0.29) is 17.7 Å². The lowest BCUT2D eigenvalue weighted by atomic mass is 9.99. The largest absolute Gasteiger partial charge is 0.330 e. The van der Waals surface area contributed by atoms with Crippen LogP contribution in [0.4, 0.5) is 0 Å². The first-order valence-corrected chi connectivity index (χ1v) is 4.71. The molecule has 1 atom stereocenters. The molecule has 3 nitrogen and oxygen atoms in total. The molecule has 0 radical (unpaired) electrons. The van der Waals surface area contributed by atoms with Crippen LogP contribution in [-0.4, -0.2) is 18.4 Å². The van der Waals surface area contributed by atoms with Gasteiger partial charge in [0.1, 0.15) is 0 Å². The Morgan fingerprint density at radius 2 is 2.17 bits per heavy atom. The van der Waals surface area contributed by atoms with Crippen LogP contribution < -0.4 is 10.5 Å². The Balaban J connectivity index is 3.88. The first-order chi connectivity index (χ1) is 5.63. The predicted molar refractivity (Wildman–Crippen MR) is 54.0 cm³/mol. The highest BCUT2D eigenvalue weighted by molar-refractivity contribution is 7.78. The number of carbonyl (C=O) groups is 1. The molecule has 0 saturated carbocycles. The average molecular weight is 190 g/mol. The second-order valence-corrected chi connectivity index (χ2v) is 3.43. The zero-order valence-electron chi connectivity index (χ0n) is 7.71. The lowest BCUT2D eigenvalue weighted by Crippen LogP contribution is -2.34. The number of hydrogen-bond acceptors (Lipinski definition) is 4. The van der Waals surface area contributed by atoms with Crippen LogP contribution >= 0.6 is 12.8 Å². The molecule has 12 heavy (non-hydrogen) atoms. The summed E-state index contributed by atoms with van der Waals surface area (Å²) in [6.07, 6.45) is 1.63. The molecular weight excluding hydrogens is 172 g/mol. The van der Waals surface area contributed by atoms with Gasteiger partial charge in [0.2, 0.25) is 0 Å². The van der Waals surface area contributed by atoms with E-state index in [2.05, 4.69) is 17.5 Å². The zero-order chi connectivity index (χ0) is 9.56. The summed E-state index contributed by atoms with van der Waals surface area (Å²) in [5.74, 6) is 0.269. The highest BCUT2D eigenvalue weighted by Crippen LogP contribution is 2.05. The van der Waals surface area contributed by atoms with Crippen LogP contribution in [0.15, 0.2) is 0 Å². The molecule has 0 aliphatic heterocycles. The number of Topliss-reactive ketones (excluding diaryl/α,β-unsaturated/α-hetero) is 1. The quantitative estimate of drug-likeness (QED) is 0.542. The molecule has 0 spiro atoms. The fourth-order valence-electron chi connectivity index (χ4n) is 0.995. The number of thiol groups is 1. The maximum atomic E-state index is 11.4. The molecule has 4 heteroatoms. The van der Waals surface area contributed by atoms with Gasteiger partial charge in [-0.25, -0.2) is 0 Å². The van der Waals surface area contributed by atoms with Crippen LogP contribution in [0.1, 0.15) is 26.7 Å². The number of nitrogens with two attached hydrogens (primary N) is 1. The summed E-state index contributed by atoms with van der Waals surface area (Å²) in [4.78, 5) is 11.4. The SMILES string of the molecule is CC(C)C(=O)C(CCCN)NS. The molecular formula is C8H18N2OS. The van der Waals surface area contributed by atoms with Crippen molar-refractivity contribution >= 4 is 18.6 Å². The number of carbonyl (C=O) groups excluding carboxylic acids is 1. The van der Waals surface area contributed by atoms with Crippen LogP contribution in [-0.2, 0) is 4.79 Å². The Morgan fingerprint density at radius 1 is 1.58 bits per heavy atom. The number of rotatable bonds is 6. The van der Waals surface area contributed by atoms with Crippen molar-refractivity contribution in [1.29, 1.82) is 0 Å². The Labute approximate surface area is 79.6 Å². The van der Waals surface area contributed by atoms with Crippen molar-refractivity contribution in [3.63, 3.8) is 0 Å². The predicted octanol–water partition coefficient (Wildman–Crippen LogP) is 0.753. The van der Waals surface area contributed by atoms with E-state index in [1.807, 2.05) is 13.8 Å². The molecule has 0 aromatic carbocycles. The van der Waals surface area contributed by atoms with Crippen LogP contribution in [0, 0.1) is 5.92 Å². The van der Waals surface area contributed by atoms with Gasteiger partial charge in [-0.15, -0.1) is 0 Å². The molecule has 1 unspecified atom stereocenters. The lowest BCUT2D eigenvalue weighted by molar-refractivity contribution is -0.123. The Bertz CT molecular complexity index is 139. The Morgan fingerprint density at radius 3 is 2.50 bits per heavy atom. The summed E-state index contributed by atoms with van der Waals surface area (Å²) in [5, 5.41) is 0. The van der Waals surface area contributed by atoms with Gasteiger partial charge in [-0.05, 0) is 19.4 Å². The molecule has 3 N–H and O–H groups in total. The summed E-state index contributed by atoms with van der Waals surface area (Å²) in [6, 6.07) is -0.142.